The fourth-order valence-electron chi connectivity index (χ4n) is 4.71. The Labute approximate surface area is 226 Å². The van der Waals surface area contributed by atoms with E-state index < -0.39 is 5.82 Å². The van der Waals surface area contributed by atoms with Crippen molar-refractivity contribution in [1.82, 2.24) is 0 Å². The van der Waals surface area contributed by atoms with Crippen molar-refractivity contribution in [3.8, 4) is 22.6 Å². The average Bonchev–Trinajstić information content (AvgIpc) is 2.92. The Morgan fingerprint density at radius 3 is 2.76 bits per heavy atom. The van der Waals surface area contributed by atoms with Gasteiger partial charge in [0, 0.05) is 12.5 Å². The number of aryl methyl sites for hydroxylation is 2. The summed E-state index contributed by atoms with van der Waals surface area (Å²) in [6.45, 7) is 4.56. The molecule has 1 N–H and O–H groups in total. The third-order valence-corrected chi connectivity index (χ3v) is 7.40. The third kappa shape index (κ3) is 6.23. The van der Waals surface area contributed by atoms with Gasteiger partial charge in [0.15, 0.2) is 11.6 Å². The monoisotopic (exact) mass is 541 g/mol. The summed E-state index contributed by atoms with van der Waals surface area (Å²) < 4.78 is 46.3. The molecule has 4 rings (SSSR count). The van der Waals surface area contributed by atoms with Crippen molar-refractivity contribution in [3.63, 3.8) is 0 Å². The molecule has 202 valence electrons. The van der Waals surface area contributed by atoms with Gasteiger partial charge in [-0.05, 0) is 90.3 Å². The van der Waals surface area contributed by atoms with Gasteiger partial charge in [-0.3, -0.25) is 4.79 Å². The highest BCUT2D eigenvalue weighted by Gasteiger charge is 2.24. The Morgan fingerprint density at radius 2 is 2.00 bits per heavy atom. The quantitative estimate of drug-likeness (QED) is 0.220. The minimum absolute atomic E-state index is 0.0968. The van der Waals surface area contributed by atoms with Crippen molar-refractivity contribution in [2.24, 2.45) is 0 Å². The van der Waals surface area contributed by atoms with Crippen LogP contribution in [0.15, 0.2) is 42.5 Å². The van der Waals surface area contributed by atoms with Gasteiger partial charge in [-0.25, -0.2) is 8.78 Å². The number of hydrogen-bond acceptors (Lipinski definition) is 6. The average molecular weight is 542 g/mol. The number of carbonyl (C=O) groups excluding carboxylic acids is 1. The van der Waals surface area contributed by atoms with E-state index in [2.05, 4.69) is 10.1 Å². The molecule has 3 aromatic rings. The number of thioether (sulfide) groups is 1. The summed E-state index contributed by atoms with van der Waals surface area (Å²) >= 11 is 1.74. The standard InChI is InChI=1S/C30H33F2NO4S/c1-18-13-27(36-11-6-12-38-4)30(32)19(2)29(18)22-8-5-7-21(14-22)25-17-37-26-15-20(9-10-28(34)35-3)23(31)16-24(26)33-25/h5,7-8,13-16,25,33H,6,9-12,17H2,1-4H3. The number of carbonyl (C=O) groups is 1. The number of benzene rings is 3. The lowest BCUT2D eigenvalue weighted by atomic mass is 9.92. The predicted molar refractivity (Wildman–Crippen MR) is 148 cm³/mol. The Balaban J connectivity index is 1.54. The van der Waals surface area contributed by atoms with Crippen LogP contribution >= 0.6 is 11.8 Å². The van der Waals surface area contributed by atoms with Crippen LogP contribution in [0.3, 0.4) is 0 Å². The van der Waals surface area contributed by atoms with Gasteiger partial charge in [0.1, 0.15) is 18.2 Å². The molecule has 1 aliphatic heterocycles. The molecule has 0 bridgehead atoms. The molecule has 0 saturated heterocycles. The van der Waals surface area contributed by atoms with E-state index >= 15 is 4.39 Å². The Hall–Kier alpha value is -3.26. The molecule has 8 heteroatoms. The van der Waals surface area contributed by atoms with Crippen LogP contribution in [0.2, 0.25) is 0 Å². The summed E-state index contributed by atoms with van der Waals surface area (Å²) in [6, 6.07) is 12.5. The molecule has 1 unspecified atom stereocenters. The number of hydrogen-bond donors (Lipinski definition) is 1. The van der Waals surface area contributed by atoms with Gasteiger partial charge in [-0.2, -0.15) is 11.8 Å². The molecule has 0 spiro atoms. The molecule has 0 fully saturated rings. The molecule has 1 heterocycles. The van der Waals surface area contributed by atoms with Gasteiger partial charge >= 0.3 is 5.97 Å². The summed E-state index contributed by atoms with van der Waals surface area (Å²) in [4.78, 5) is 11.4. The van der Waals surface area contributed by atoms with E-state index in [1.165, 1.54) is 13.2 Å². The number of fused-ring (bicyclic) bond motifs is 1. The lowest BCUT2D eigenvalue weighted by Gasteiger charge is -2.29. The summed E-state index contributed by atoms with van der Waals surface area (Å²) in [5, 5.41) is 3.37. The molecule has 0 aliphatic carbocycles. The summed E-state index contributed by atoms with van der Waals surface area (Å²) in [5.74, 6) is 0.660. The number of anilines is 1. The van der Waals surface area contributed by atoms with Crippen LogP contribution < -0.4 is 14.8 Å². The van der Waals surface area contributed by atoms with Crippen molar-refractivity contribution in [1.29, 1.82) is 0 Å². The lowest BCUT2D eigenvalue weighted by Crippen LogP contribution is -2.24. The van der Waals surface area contributed by atoms with Crippen molar-refractivity contribution in [2.45, 2.75) is 39.2 Å². The van der Waals surface area contributed by atoms with Crippen molar-refractivity contribution in [2.75, 3.05) is 37.6 Å². The zero-order valence-corrected chi connectivity index (χ0v) is 23.0. The topological polar surface area (TPSA) is 56.8 Å². The summed E-state index contributed by atoms with van der Waals surface area (Å²) in [6.07, 6.45) is 3.23. The van der Waals surface area contributed by atoms with Crippen LogP contribution in [0.25, 0.3) is 11.1 Å². The van der Waals surface area contributed by atoms with Crippen LogP contribution in [0.5, 0.6) is 11.5 Å². The third-order valence-electron chi connectivity index (χ3n) is 6.70. The first-order chi connectivity index (χ1) is 18.3. The Kier molecular flexibility index (Phi) is 9.15. The fourth-order valence-corrected chi connectivity index (χ4v) is 5.11. The lowest BCUT2D eigenvalue weighted by molar-refractivity contribution is -0.140. The van der Waals surface area contributed by atoms with Crippen LogP contribution in [0.4, 0.5) is 14.5 Å². The zero-order chi connectivity index (χ0) is 27.2. The first-order valence-electron chi connectivity index (χ1n) is 12.6. The van der Waals surface area contributed by atoms with Crippen molar-refractivity contribution < 1.29 is 27.8 Å². The highest BCUT2D eigenvalue weighted by atomic mass is 32.2. The SMILES string of the molecule is COC(=O)CCc1cc2c(cc1F)NC(c1cccc(-c3c(C)cc(OCCCSC)c(F)c3C)c1)CO2. The second-order valence-electron chi connectivity index (χ2n) is 9.35. The van der Waals surface area contributed by atoms with Gasteiger partial charge in [-0.15, -0.1) is 0 Å². The minimum atomic E-state index is -0.407. The molecule has 5 nitrogen and oxygen atoms in total. The van der Waals surface area contributed by atoms with Crippen LogP contribution in [0.1, 0.15) is 41.1 Å². The molecule has 1 atom stereocenters. The van der Waals surface area contributed by atoms with E-state index in [9.17, 15) is 9.18 Å². The van der Waals surface area contributed by atoms with E-state index in [0.717, 1.165) is 34.4 Å². The van der Waals surface area contributed by atoms with Gasteiger partial charge < -0.3 is 19.5 Å². The maximum absolute atomic E-state index is 15.2. The molecule has 0 radical (unpaired) electrons. The Bertz CT molecular complexity index is 1310. The molecular formula is C30H33F2NO4S. The smallest absolute Gasteiger partial charge is 0.305 e. The number of ether oxygens (including phenoxy) is 3. The normalized spacial score (nSPS) is 14.3. The van der Waals surface area contributed by atoms with Gasteiger partial charge in [0.2, 0.25) is 0 Å². The number of methoxy groups -OCH3 is 1. The molecule has 0 amide bonds. The molecule has 38 heavy (non-hydrogen) atoms. The number of halogens is 2. The summed E-state index contributed by atoms with van der Waals surface area (Å²) in [5.41, 5.74) is 5.09. The first kappa shape index (κ1) is 27.8. The zero-order valence-electron chi connectivity index (χ0n) is 22.2. The minimum Gasteiger partial charge on any atom is -0.490 e. The van der Waals surface area contributed by atoms with Crippen molar-refractivity contribution in [3.05, 3.63) is 76.4 Å². The molecule has 3 aromatic carbocycles. The van der Waals surface area contributed by atoms with Gasteiger partial charge in [0.25, 0.3) is 0 Å². The fraction of sp³-hybridized carbons (Fsp3) is 0.367. The van der Waals surface area contributed by atoms with Crippen LogP contribution in [-0.2, 0) is 16.0 Å². The van der Waals surface area contributed by atoms with Crippen LogP contribution in [0, 0.1) is 25.5 Å². The predicted octanol–water partition coefficient (Wildman–Crippen LogP) is 7.03. The highest BCUT2D eigenvalue weighted by Crippen LogP contribution is 2.38. The highest BCUT2D eigenvalue weighted by molar-refractivity contribution is 7.98. The van der Waals surface area contributed by atoms with E-state index in [0.29, 0.717) is 35.8 Å². The van der Waals surface area contributed by atoms with Gasteiger partial charge in [0.05, 0.1) is 25.4 Å². The van der Waals surface area contributed by atoms with Crippen molar-refractivity contribution >= 4 is 23.4 Å². The number of esters is 1. The van der Waals surface area contributed by atoms with E-state index in [1.807, 2.05) is 37.4 Å². The largest absolute Gasteiger partial charge is 0.490 e. The molecule has 1 aliphatic rings. The maximum atomic E-state index is 15.2. The first-order valence-corrected chi connectivity index (χ1v) is 14.0. The number of nitrogens with one attached hydrogen (secondary N) is 1. The Morgan fingerprint density at radius 1 is 1.18 bits per heavy atom. The molecular weight excluding hydrogens is 508 g/mol. The van der Waals surface area contributed by atoms with Gasteiger partial charge in [-0.1, -0.05) is 18.2 Å². The maximum Gasteiger partial charge on any atom is 0.305 e. The summed E-state index contributed by atoms with van der Waals surface area (Å²) in [7, 11) is 1.31. The molecule has 0 aromatic heterocycles. The van der Waals surface area contributed by atoms with E-state index in [4.69, 9.17) is 9.47 Å². The van der Waals surface area contributed by atoms with E-state index in [-0.39, 0.29) is 36.4 Å². The van der Waals surface area contributed by atoms with Crippen LogP contribution in [-0.4, -0.2) is 38.3 Å². The second-order valence-corrected chi connectivity index (χ2v) is 10.3. The van der Waals surface area contributed by atoms with E-state index in [1.54, 1.807) is 30.8 Å². The second kappa shape index (κ2) is 12.5. The molecule has 0 saturated carbocycles. The number of rotatable bonds is 10.